The normalized spacial score (nSPS) is 33.1. The Labute approximate surface area is 149 Å². The van der Waals surface area contributed by atoms with Crippen LogP contribution in [0.1, 0.15) is 31.2 Å². The summed E-state index contributed by atoms with van der Waals surface area (Å²) in [5.74, 6) is -0.390. The Bertz CT molecular complexity index is 609. The molecule has 4 saturated heterocycles. The monoisotopic (exact) mass is 344 g/mol. The van der Waals surface area contributed by atoms with Crippen molar-refractivity contribution in [3.05, 3.63) is 35.9 Å². The van der Waals surface area contributed by atoms with Crippen LogP contribution in [0.15, 0.2) is 30.3 Å². The highest BCUT2D eigenvalue weighted by atomic mass is 16.4. The van der Waals surface area contributed by atoms with Crippen LogP contribution in [0.25, 0.3) is 0 Å². The molecule has 5 rings (SSSR count). The van der Waals surface area contributed by atoms with Crippen LogP contribution in [0, 0.1) is 11.8 Å². The van der Waals surface area contributed by atoms with Crippen molar-refractivity contribution in [3.8, 4) is 0 Å². The first kappa shape index (κ1) is 17.0. The number of carbonyl (C=O) groups is 1. The number of carboxylic acid groups (broad SMARTS) is 1. The second kappa shape index (κ2) is 6.71. The van der Waals surface area contributed by atoms with Crippen LogP contribution in [0.2, 0.25) is 0 Å². The van der Waals surface area contributed by atoms with Gasteiger partial charge in [-0.1, -0.05) is 30.3 Å². The minimum absolute atomic E-state index is 0.210. The minimum atomic E-state index is -1.85. The fourth-order valence-corrected chi connectivity index (χ4v) is 5.35. The van der Waals surface area contributed by atoms with E-state index in [4.69, 9.17) is 0 Å². The van der Waals surface area contributed by atoms with Crippen LogP contribution in [0.5, 0.6) is 0 Å². The van der Waals surface area contributed by atoms with E-state index in [0.717, 1.165) is 58.4 Å². The molecule has 4 heterocycles. The zero-order valence-corrected chi connectivity index (χ0v) is 14.7. The van der Waals surface area contributed by atoms with Gasteiger partial charge in [0.1, 0.15) is 0 Å². The highest BCUT2D eigenvalue weighted by Crippen LogP contribution is 2.43. The van der Waals surface area contributed by atoms with Gasteiger partial charge in [0.15, 0.2) is 0 Å². The van der Waals surface area contributed by atoms with Gasteiger partial charge in [-0.3, -0.25) is 4.90 Å². The van der Waals surface area contributed by atoms with Crippen molar-refractivity contribution >= 4 is 5.97 Å². The van der Waals surface area contributed by atoms with Crippen LogP contribution in [-0.2, 0) is 10.4 Å². The molecule has 4 aliphatic heterocycles. The summed E-state index contributed by atoms with van der Waals surface area (Å²) in [6.45, 7) is 4.91. The summed E-state index contributed by atoms with van der Waals surface area (Å²) in [6.07, 6.45) is 4.42. The fourth-order valence-electron chi connectivity index (χ4n) is 5.35. The van der Waals surface area contributed by atoms with E-state index >= 15 is 0 Å². The van der Waals surface area contributed by atoms with E-state index in [1.807, 2.05) is 18.2 Å². The van der Waals surface area contributed by atoms with Gasteiger partial charge in [0.05, 0.1) is 6.04 Å². The van der Waals surface area contributed by atoms with Crippen LogP contribution in [0.3, 0.4) is 0 Å². The fraction of sp³-hybridized carbons (Fsp3) is 0.650. The van der Waals surface area contributed by atoms with E-state index in [2.05, 4.69) is 9.80 Å². The molecule has 2 bridgehead atoms. The number of likely N-dealkylation sites (tertiary alicyclic amines) is 1. The molecule has 0 saturated carbocycles. The standard InChI is InChI=1S/C20H28N2O3/c23-19(24)20(25,16-6-2-1-3-7-16)18(22-10-4-5-11-22)17-14-21-12-8-15(17)9-13-21/h1-3,6-7,15,17-18,25H,4-5,8-14H2,(H,23,24). The van der Waals surface area contributed by atoms with Gasteiger partial charge in [0.25, 0.3) is 0 Å². The average molecular weight is 344 g/mol. The maximum atomic E-state index is 12.4. The third-order valence-corrected chi connectivity index (χ3v) is 6.61. The molecule has 0 aliphatic carbocycles. The topological polar surface area (TPSA) is 64.0 Å². The molecule has 2 N–H and O–H groups in total. The van der Waals surface area contributed by atoms with Gasteiger partial charge in [0.2, 0.25) is 5.60 Å². The molecule has 1 aromatic carbocycles. The number of nitrogens with zero attached hydrogens (tertiary/aromatic N) is 2. The molecule has 0 amide bonds. The Morgan fingerprint density at radius 3 is 2.24 bits per heavy atom. The highest BCUT2D eigenvalue weighted by molar-refractivity contribution is 5.80. The van der Waals surface area contributed by atoms with Crippen molar-refractivity contribution in [1.29, 1.82) is 0 Å². The van der Waals surface area contributed by atoms with E-state index in [1.54, 1.807) is 12.1 Å². The van der Waals surface area contributed by atoms with Gasteiger partial charge in [-0.25, -0.2) is 4.79 Å². The molecule has 0 radical (unpaired) electrons. The number of aliphatic carboxylic acids is 1. The molecule has 3 atom stereocenters. The molecule has 136 valence electrons. The van der Waals surface area contributed by atoms with Crippen molar-refractivity contribution in [2.24, 2.45) is 11.8 Å². The smallest absolute Gasteiger partial charge is 0.342 e. The summed E-state index contributed by atoms with van der Waals surface area (Å²) in [5.41, 5.74) is -1.34. The molecule has 25 heavy (non-hydrogen) atoms. The van der Waals surface area contributed by atoms with Crippen molar-refractivity contribution in [2.45, 2.75) is 37.3 Å². The summed E-state index contributed by atoms with van der Waals surface area (Å²) < 4.78 is 0. The Kier molecular flexibility index (Phi) is 4.56. The molecular weight excluding hydrogens is 316 g/mol. The first-order chi connectivity index (χ1) is 12.1. The van der Waals surface area contributed by atoms with E-state index in [9.17, 15) is 15.0 Å². The molecule has 5 nitrogen and oxygen atoms in total. The van der Waals surface area contributed by atoms with Gasteiger partial charge in [0, 0.05) is 6.54 Å². The Morgan fingerprint density at radius 1 is 1.08 bits per heavy atom. The number of carboxylic acids is 1. The van der Waals surface area contributed by atoms with Gasteiger partial charge in [-0.2, -0.15) is 0 Å². The van der Waals surface area contributed by atoms with Gasteiger partial charge in [-0.15, -0.1) is 0 Å². The summed E-state index contributed by atoms with van der Waals surface area (Å²) in [6, 6.07) is 8.67. The summed E-state index contributed by atoms with van der Waals surface area (Å²) in [5, 5.41) is 21.7. The first-order valence-electron chi connectivity index (χ1n) is 9.58. The predicted molar refractivity (Wildman–Crippen MR) is 95.2 cm³/mol. The van der Waals surface area contributed by atoms with E-state index < -0.39 is 11.6 Å². The first-order valence-corrected chi connectivity index (χ1v) is 9.58. The third kappa shape index (κ3) is 2.88. The van der Waals surface area contributed by atoms with Crippen LogP contribution in [0.4, 0.5) is 0 Å². The van der Waals surface area contributed by atoms with E-state index in [1.165, 1.54) is 0 Å². The summed E-state index contributed by atoms with van der Waals surface area (Å²) in [7, 11) is 0. The molecule has 5 heteroatoms. The lowest BCUT2D eigenvalue weighted by molar-refractivity contribution is -0.177. The van der Waals surface area contributed by atoms with Crippen molar-refractivity contribution in [1.82, 2.24) is 9.80 Å². The van der Waals surface area contributed by atoms with Gasteiger partial charge in [-0.05, 0) is 69.3 Å². The van der Waals surface area contributed by atoms with Crippen molar-refractivity contribution in [2.75, 3.05) is 32.7 Å². The predicted octanol–water partition coefficient (Wildman–Crippen LogP) is 1.77. The SMILES string of the molecule is O=C(O)C(O)(c1ccccc1)C(C1CN2CCC1CC2)N1CCCC1. The lowest BCUT2D eigenvalue weighted by Crippen LogP contribution is -2.64. The van der Waals surface area contributed by atoms with Gasteiger partial charge < -0.3 is 15.1 Å². The molecule has 4 fully saturated rings. The second-order valence-corrected chi connectivity index (χ2v) is 7.93. The largest absolute Gasteiger partial charge is 0.479 e. The quantitative estimate of drug-likeness (QED) is 0.852. The average Bonchev–Trinajstić information content (AvgIpc) is 3.17. The van der Waals surface area contributed by atoms with Crippen LogP contribution in [-0.4, -0.2) is 64.7 Å². The highest BCUT2D eigenvalue weighted by Gasteiger charge is 2.55. The number of benzene rings is 1. The number of hydrogen-bond acceptors (Lipinski definition) is 4. The number of rotatable bonds is 5. The lowest BCUT2D eigenvalue weighted by atomic mass is 9.68. The Hall–Kier alpha value is -1.43. The lowest BCUT2D eigenvalue weighted by Gasteiger charge is -2.52. The number of fused-ring (bicyclic) bond motifs is 3. The number of hydrogen-bond donors (Lipinski definition) is 2. The molecule has 0 spiro atoms. The third-order valence-electron chi connectivity index (χ3n) is 6.61. The molecular formula is C20H28N2O3. The second-order valence-electron chi connectivity index (χ2n) is 7.93. The van der Waals surface area contributed by atoms with E-state index in [-0.39, 0.29) is 12.0 Å². The Morgan fingerprint density at radius 2 is 1.72 bits per heavy atom. The Balaban J connectivity index is 1.77. The number of piperidine rings is 3. The van der Waals surface area contributed by atoms with Gasteiger partial charge >= 0.3 is 5.97 Å². The van der Waals surface area contributed by atoms with Crippen molar-refractivity contribution < 1.29 is 15.0 Å². The summed E-state index contributed by atoms with van der Waals surface area (Å²) >= 11 is 0. The molecule has 1 aromatic rings. The maximum Gasteiger partial charge on any atom is 0.342 e. The molecule has 0 aromatic heterocycles. The van der Waals surface area contributed by atoms with Crippen LogP contribution < -0.4 is 0 Å². The van der Waals surface area contributed by atoms with Crippen molar-refractivity contribution in [3.63, 3.8) is 0 Å². The molecule has 3 unspecified atom stereocenters. The zero-order chi connectivity index (χ0) is 17.4. The minimum Gasteiger partial charge on any atom is -0.479 e. The zero-order valence-electron chi connectivity index (χ0n) is 14.7. The summed E-state index contributed by atoms with van der Waals surface area (Å²) in [4.78, 5) is 17.1. The molecule has 4 aliphatic rings. The van der Waals surface area contributed by atoms with E-state index in [0.29, 0.717) is 11.5 Å². The maximum absolute atomic E-state index is 12.4. The van der Waals surface area contributed by atoms with Crippen LogP contribution >= 0.6 is 0 Å². The number of aliphatic hydroxyl groups is 1.